The molecule has 1 fully saturated rings. The fourth-order valence-electron chi connectivity index (χ4n) is 3.16. The van der Waals surface area contributed by atoms with Crippen LogP contribution in [0.1, 0.15) is 51.0 Å². The van der Waals surface area contributed by atoms with Crippen LogP contribution < -0.4 is 5.32 Å². The topological polar surface area (TPSA) is 32.3 Å². The average Bonchev–Trinajstić information content (AvgIpc) is 2.43. The van der Waals surface area contributed by atoms with E-state index in [2.05, 4.69) is 42.6 Å². The van der Waals surface area contributed by atoms with Crippen LogP contribution in [0.4, 0.5) is 0 Å². The summed E-state index contributed by atoms with van der Waals surface area (Å²) in [5.74, 6) is 0. The lowest BCUT2D eigenvalue weighted by Gasteiger charge is -2.36. The number of benzene rings is 1. The lowest BCUT2D eigenvalue weighted by Crippen LogP contribution is -2.41. The number of aliphatic hydroxyl groups is 1. The predicted octanol–water partition coefficient (Wildman–Crippen LogP) is 3.29. The molecule has 0 unspecified atom stereocenters. The summed E-state index contributed by atoms with van der Waals surface area (Å²) in [5.41, 5.74) is 0.980. The second-order valence-corrected chi connectivity index (χ2v) is 5.90. The minimum absolute atomic E-state index is 0.402. The van der Waals surface area contributed by atoms with E-state index in [4.69, 9.17) is 0 Å². The van der Waals surface area contributed by atoms with Gasteiger partial charge in [0.1, 0.15) is 0 Å². The van der Waals surface area contributed by atoms with Crippen LogP contribution in [-0.4, -0.2) is 23.3 Å². The van der Waals surface area contributed by atoms with Crippen molar-refractivity contribution in [3.05, 3.63) is 35.9 Å². The molecule has 19 heavy (non-hydrogen) atoms. The Morgan fingerprint density at radius 2 is 1.89 bits per heavy atom. The van der Waals surface area contributed by atoms with Gasteiger partial charge in [0.25, 0.3) is 0 Å². The average molecular weight is 261 g/mol. The summed E-state index contributed by atoms with van der Waals surface area (Å²) in [6.45, 7) is 3.19. The lowest BCUT2D eigenvalue weighted by molar-refractivity contribution is -0.0123. The fourth-order valence-corrected chi connectivity index (χ4v) is 3.16. The van der Waals surface area contributed by atoms with Gasteiger partial charge in [0.2, 0.25) is 0 Å². The van der Waals surface area contributed by atoms with Gasteiger partial charge in [-0.25, -0.2) is 0 Å². The fraction of sp³-hybridized carbons (Fsp3) is 0.647. The molecular formula is C17H27NO. The Balaban J connectivity index is 1.71. The summed E-state index contributed by atoms with van der Waals surface area (Å²) in [6.07, 6.45) is 7.27. The minimum atomic E-state index is -0.402. The van der Waals surface area contributed by atoms with Crippen molar-refractivity contribution >= 4 is 0 Å². The van der Waals surface area contributed by atoms with Crippen LogP contribution in [0.2, 0.25) is 0 Å². The zero-order valence-electron chi connectivity index (χ0n) is 12.1. The monoisotopic (exact) mass is 261 g/mol. The molecule has 0 spiro atoms. The summed E-state index contributed by atoms with van der Waals surface area (Å²) < 4.78 is 0. The van der Waals surface area contributed by atoms with Crippen molar-refractivity contribution in [1.29, 1.82) is 0 Å². The molecule has 1 aromatic rings. The molecule has 2 nitrogen and oxygen atoms in total. The highest BCUT2D eigenvalue weighted by Crippen LogP contribution is 2.32. The van der Waals surface area contributed by atoms with Gasteiger partial charge in [-0.2, -0.15) is 0 Å². The van der Waals surface area contributed by atoms with Crippen LogP contribution in [0.3, 0.4) is 0 Å². The van der Waals surface area contributed by atoms with Crippen molar-refractivity contribution in [3.63, 3.8) is 0 Å². The highest BCUT2D eigenvalue weighted by molar-refractivity contribution is 5.14. The van der Waals surface area contributed by atoms with Gasteiger partial charge in [-0.3, -0.25) is 0 Å². The van der Waals surface area contributed by atoms with Gasteiger partial charge in [-0.1, -0.05) is 37.3 Å². The van der Waals surface area contributed by atoms with E-state index in [1.807, 2.05) is 0 Å². The molecule has 1 aliphatic carbocycles. The normalized spacial score (nSPS) is 27.4. The van der Waals surface area contributed by atoms with E-state index < -0.39 is 5.60 Å². The van der Waals surface area contributed by atoms with Gasteiger partial charge >= 0.3 is 0 Å². The second-order valence-electron chi connectivity index (χ2n) is 5.90. The van der Waals surface area contributed by atoms with E-state index in [-0.39, 0.29) is 0 Å². The maximum Gasteiger partial charge on any atom is 0.0649 e. The molecule has 0 aromatic heterocycles. The minimum Gasteiger partial charge on any atom is -0.390 e. The molecule has 106 valence electrons. The van der Waals surface area contributed by atoms with Crippen molar-refractivity contribution in [1.82, 2.24) is 5.32 Å². The summed E-state index contributed by atoms with van der Waals surface area (Å²) in [4.78, 5) is 0. The van der Waals surface area contributed by atoms with E-state index in [9.17, 15) is 5.11 Å². The first-order chi connectivity index (χ1) is 9.22. The molecule has 2 heteroatoms. The standard InChI is InChI=1S/C17H27NO/c1-2-18-16-10-13-17(19,14-11-16)12-6-9-15-7-4-3-5-8-15/h3-5,7-8,16,18-19H,2,6,9-14H2,1H3. The number of nitrogens with one attached hydrogen (secondary N) is 1. The van der Waals surface area contributed by atoms with E-state index in [1.54, 1.807) is 0 Å². The number of hydrogen-bond donors (Lipinski definition) is 2. The molecule has 1 saturated carbocycles. The summed E-state index contributed by atoms with van der Waals surface area (Å²) >= 11 is 0. The molecule has 1 aromatic carbocycles. The molecular weight excluding hydrogens is 234 g/mol. The predicted molar refractivity (Wildman–Crippen MR) is 80.3 cm³/mol. The van der Waals surface area contributed by atoms with Crippen molar-refractivity contribution in [3.8, 4) is 0 Å². The molecule has 0 saturated heterocycles. The van der Waals surface area contributed by atoms with Crippen LogP contribution in [0.5, 0.6) is 0 Å². The zero-order chi connectivity index (χ0) is 13.6. The Morgan fingerprint density at radius 1 is 1.21 bits per heavy atom. The van der Waals surface area contributed by atoms with Gasteiger partial charge in [0, 0.05) is 6.04 Å². The van der Waals surface area contributed by atoms with Crippen molar-refractivity contribution in [2.75, 3.05) is 6.54 Å². The molecule has 0 atom stereocenters. The first kappa shape index (κ1) is 14.5. The number of rotatable bonds is 6. The van der Waals surface area contributed by atoms with Crippen LogP contribution in [0, 0.1) is 0 Å². The van der Waals surface area contributed by atoms with Crippen molar-refractivity contribution < 1.29 is 5.11 Å². The third-order valence-corrected chi connectivity index (χ3v) is 4.36. The van der Waals surface area contributed by atoms with Gasteiger partial charge < -0.3 is 10.4 Å². The maximum atomic E-state index is 10.6. The lowest BCUT2D eigenvalue weighted by atomic mass is 9.79. The molecule has 0 bridgehead atoms. The van der Waals surface area contributed by atoms with Crippen LogP contribution in [-0.2, 0) is 6.42 Å². The van der Waals surface area contributed by atoms with E-state index in [0.29, 0.717) is 6.04 Å². The first-order valence-corrected chi connectivity index (χ1v) is 7.71. The second kappa shape index (κ2) is 7.06. The number of aryl methyl sites for hydroxylation is 1. The molecule has 0 heterocycles. The smallest absolute Gasteiger partial charge is 0.0649 e. The first-order valence-electron chi connectivity index (χ1n) is 7.71. The van der Waals surface area contributed by atoms with Crippen molar-refractivity contribution in [2.45, 2.75) is 63.5 Å². The zero-order valence-corrected chi connectivity index (χ0v) is 12.1. The molecule has 2 N–H and O–H groups in total. The van der Waals surface area contributed by atoms with E-state index in [0.717, 1.165) is 51.5 Å². The summed E-state index contributed by atoms with van der Waals surface area (Å²) in [5, 5.41) is 14.1. The van der Waals surface area contributed by atoms with Gasteiger partial charge in [-0.15, -0.1) is 0 Å². The highest BCUT2D eigenvalue weighted by atomic mass is 16.3. The summed E-state index contributed by atoms with van der Waals surface area (Å²) in [7, 11) is 0. The van der Waals surface area contributed by atoms with Crippen LogP contribution in [0.15, 0.2) is 30.3 Å². The Bertz CT molecular complexity index is 355. The molecule has 1 aliphatic rings. The third kappa shape index (κ3) is 4.63. The molecule has 2 rings (SSSR count). The Morgan fingerprint density at radius 3 is 2.53 bits per heavy atom. The third-order valence-electron chi connectivity index (χ3n) is 4.36. The van der Waals surface area contributed by atoms with Gasteiger partial charge in [-0.05, 0) is 57.1 Å². The van der Waals surface area contributed by atoms with Crippen LogP contribution in [0.25, 0.3) is 0 Å². The van der Waals surface area contributed by atoms with Gasteiger partial charge in [0.15, 0.2) is 0 Å². The Labute approximate surface area is 117 Å². The Kier molecular flexibility index (Phi) is 5.41. The molecule has 0 radical (unpaired) electrons. The van der Waals surface area contributed by atoms with Gasteiger partial charge in [0.05, 0.1) is 5.60 Å². The Hall–Kier alpha value is -0.860. The summed E-state index contributed by atoms with van der Waals surface area (Å²) in [6, 6.07) is 11.2. The van der Waals surface area contributed by atoms with Crippen molar-refractivity contribution in [2.24, 2.45) is 0 Å². The number of hydrogen-bond acceptors (Lipinski definition) is 2. The highest BCUT2D eigenvalue weighted by Gasteiger charge is 2.32. The molecule has 0 amide bonds. The van der Waals surface area contributed by atoms with E-state index in [1.165, 1.54) is 5.56 Å². The maximum absolute atomic E-state index is 10.6. The SMILES string of the molecule is CCNC1CCC(O)(CCCc2ccccc2)CC1. The molecule has 0 aliphatic heterocycles. The van der Waals surface area contributed by atoms with E-state index >= 15 is 0 Å². The largest absolute Gasteiger partial charge is 0.390 e. The quantitative estimate of drug-likeness (QED) is 0.823. The van der Waals surface area contributed by atoms with Crippen LogP contribution >= 0.6 is 0 Å².